The van der Waals surface area contributed by atoms with Gasteiger partial charge in [-0.15, -0.1) is 0 Å². The molecule has 0 spiro atoms. The minimum atomic E-state index is -3.39. The van der Waals surface area contributed by atoms with Crippen molar-refractivity contribution in [2.75, 3.05) is 19.4 Å². The van der Waals surface area contributed by atoms with E-state index in [1.165, 1.54) is 6.26 Å². The zero-order valence-electron chi connectivity index (χ0n) is 15.6. The Morgan fingerprint density at radius 1 is 1.35 bits per heavy atom. The molecule has 1 aliphatic heterocycles. The van der Waals surface area contributed by atoms with E-state index < -0.39 is 9.84 Å². The molecule has 0 bridgehead atoms. The highest BCUT2D eigenvalue weighted by Gasteiger charge is 2.24. The van der Waals surface area contributed by atoms with E-state index >= 15 is 0 Å². The van der Waals surface area contributed by atoms with Crippen molar-refractivity contribution in [1.29, 1.82) is 0 Å². The second kappa shape index (κ2) is 7.89. The topological polar surface area (TPSA) is 82.3 Å². The van der Waals surface area contributed by atoms with Crippen LogP contribution in [0.3, 0.4) is 0 Å². The third kappa shape index (κ3) is 4.52. The third-order valence-corrected chi connectivity index (χ3v) is 5.63. The van der Waals surface area contributed by atoms with Gasteiger partial charge in [0.15, 0.2) is 0 Å². The Labute approximate surface area is 154 Å². The Morgan fingerprint density at radius 3 is 2.73 bits per heavy atom. The third-order valence-electron chi connectivity index (χ3n) is 4.64. The fourth-order valence-electron chi connectivity index (χ4n) is 3.32. The van der Waals surface area contributed by atoms with Crippen LogP contribution in [0.25, 0.3) is 0 Å². The van der Waals surface area contributed by atoms with Crippen LogP contribution < -0.4 is 0 Å². The molecule has 0 aliphatic carbocycles. The standard InChI is InChI=1S/C17H27N5O3S/c1-4-21(11-14-8-19-20(2)10-14)12-15-9-18-17(26(3,23)24)22(15)13-16-6-5-7-25-16/h8-10,16H,4-7,11-13H2,1-3H3/t16-/m0/s1. The van der Waals surface area contributed by atoms with E-state index in [0.29, 0.717) is 13.1 Å². The zero-order valence-corrected chi connectivity index (χ0v) is 16.4. The molecule has 1 fully saturated rings. The molecule has 0 aromatic carbocycles. The second-order valence-electron chi connectivity index (χ2n) is 6.88. The van der Waals surface area contributed by atoms with Crippen LogP contribution >= 0.6 is 0 Å². The lowest BCUT2D eigenvalue weighted by molar-refractivity contribution is 0.0932. The highest BCUT2D eigenvalue weighted by atomic mass is 32.2. The number of nitrogens with zero attached hydrogens (tertiary/aromatic N) is 5. The first-order valence-electron chi connectivity index (χ1n) is 8.92. The maximum absolute atomic E-state index is 12.1. The zero-order chi connectivity index (χ0) is 18.7. The lowest BCUT2D eigenvalue weighted by Gasteiger charge is -2.22. The first kappa shape index (κ1) is 19.1. The second-order valence-corrected chi connectivity index (χ2v) is 8.78. The van der Waals surface area contributed by atoms with Crippen molar-refractivity contribution in [2.45, 2.75) is 50.7 Å². The minimum Gasteiger partial charge on any atom is -0.376 e. The Kier molecular flexibility index (Phi) is 5.79. The van der Waals surface area contributed by atoms with Gasteiger partial charge in [-0.3, -0.25) is 9.58 Å². The van der Waals surface area contributed by atoms with Gasteiger partial charge in [-0.25, -0.2) is 13.4 Å². The van der Waals surface area contributed by atoms with E-state index in [9.17, 15) is 8.42 Å². The van der Waals surface area contributed by atoms with Crippen molar-refractivity contribution in [2.24, 2.45) is 7.05 Å². The lowest BCUT2D eigenvalue weighted by Crippen LogP contribution is -2.26. The van der Waals surface area contributed by atoms with Crippen LogP contribution in [0.2, 0.25) is 0 Å². The molecule has 0 N–H and O–H groups in total. The quantitative estimate of drug-likeness (QED) is 0.684. The van der Waals surface area contributed by atoms with Crippen LogP contribution in [0.5, 0.6) is 0 Å². The van der Waals surface area contributed by atoms with Crippen LogP contribution in [0.1, 0.15) is 31.0 Å². The number of aromatic nitrogens is 4. The molecular weight excluding hydrogens is 354 g/mol. The van der Waals surface area contributed by atoms with E-state index in [-0.39, 0.29) is 11.3 Å². The molecule has 1 atom stereocenters. The highest BCUT2D eigenvalue weighted by Crippen LogP contribution is 2.20. The van der Waals surface area contributed by atoms with Gasteiger partial charge in [0, 0.05) is 44.8 Å². The maximum Gasteiger partial charge on any atom is 0.227 e. The van der Waals surface area contributed by atoms with Crippen molar-refractivity contribution in [3.05, 3.63) is 29.8 Å². The summed E-state index contributed by atoms with van der Waals surface area (Å²) < 4.78 is 33.6. The molecule has 0 saturated carbocycles. The van der Waals surface area contributed by atoms with Gasteiger partial charge < -0.3 is 9.30 Å². The number of hydrogen-bond donors (Lipinski definition) is 0. The lowest BCUT2D eigenvalue weighted by atomic mass is 10.2. The smallest absolute Gasteiger partial charge is 0.227 e. The molecule has 3 rings (SSSR count). The highest BCUT2D eigenvalue weighted by molar-refractivity contribution is 7.90. The Bertz CT molecular complexity index is 836. The van der Waals surface area contributed by atoms with Gasteiger partial charge >= 0.3 is 0 Å². The maximum atomic E-state index is 12.1. The van der Waals surface area contributed by atoms with Gasteiger partial charge in [0.1, 0.15) is 0 Å². The van der Waals surface area contributed by atoms with Gasteiger partial charge in [-0.2, -0.15) is 5.10 Å². The van der Waals surface area contributed by atoms with E-state index in [4.69, 9.17) is 4.74 Å². The summed E-state index contributed by atoms with van der Waals surface area (Å²) in [4.78, 5) is 6.45. The van der Waals surface area contributed by atoms with Gasteiger partial charge in [0.2, 0.25) is 15.0 Å². The Morgan fingerprint density at radius 2 is 2.15 bits per heavy atom. The summed E-state index contributed by atoms with van der Waals surface area (Å²) in [5.41, 5.74) is 2.02. The van der Waals surface area contributed by atoms with Crippen molar-refractivity contribution in [3.63, 3.8) is 0 Å². The minimum absolute atomic E-state index is 0.0526. The van der Waals surface area contributed by atoms with Gasteiger partial charge in [0.05, 0.1) is 30.7 Å². The summed E-state index contributed by atoms with van der Waals surface area (Å²) in [7, 11) is -1.49. The van der Waals surface area contributed by atoms with E-state index in [0.717, 1.165) is 43.8 Å². The summed E-state index contributed by atoms with van der Waals surface area (Å²) in [6.45, 7) is 5.58. The molecule has 2 aromatic heterocycles. The summed E-state index contributed by atoms with van der Waals surface area (Å²) in [5, 5.41) is 4.34. The van der Waals surface area contributed by atoms with Crippen molar-refractivity contribution >= 4 is 9.84 Å². The predicted molar refractivity (Wildman–Crippen MR) is 97.3 cm³/mol. The summed E-state index contributed by atoms with van der Waals surface area (Å²) in [6.07, 6.45) is 8.76. The molecule has 2 aromatic rings. The van der Waals surface area contributed by atoms with Gasteiger partial charge in [-0.1, -0.05) is 6.92 Å². The van der Waals surface area contributed by atoms with Crippen molar-refractivity contribution in [1.82, 2.24) is 24.2 Å². The SMILES string of the molecule is CCN(Cc1cnn(C)c1)Cc1cnc(S(C)(=O)=O)n1C[C@@H]1CCCO1. The van der Waals surface area contributed by atoms with Crippen LogP contribution in [0, 0.1) is 0 Å². The Balaban J connectivity index is 1.81. The summed E-state index contributed by atoms with van der Waals surface area (Å²) in [6, 6.07) is 0. The normalized spacial score (nSPS) is 18.1. The first-order valence-corrected chi connectivity index (χ1v) is 10.8. The van der Waals surface area contributed by atoms with Crippen LogP contribution in [-0.2, 0) is 41.3 Å². The van der Waals surface area contributed by atoms with E-state index in [1.54, 1.807) is 10.9 Å². The summed E-state index contributed by atoms with van der Waals surface area (Å²) in [5.74, 6) is 0. The average molecular weight is 382 g/mol. The molecule has 0 amide bonds. The fraction of sp³-hybridized carbons (Fsp3) is 0.647. The molecule has 0 unspecified atom stereocenters. The molecule has 8 nitrogen and oxygen atoms in total. The number of ether oxygens (including phenoxy) is 1. The van der Waals surface area contributed by atoms with Crippen LogP contribution in [0.15, 0.2) is 23.7 Å². The molecule has 9 heteroatoms. The molecular formula is C17H27N5O3S. The predicted octanol–water partition coefficient (Wildman–Crippen LogP) is 1.22. The molecule has 0 radical (unpaired) electrons. The Hall–Kier alpha value is -1.71. The number of rotatable bonds is 8. The molecule has 26 heavy (non-hydrogen) atoms. The van der Waals surface area contributed by atoms with E-state index in [1.807, 2.05) is 24.0 Å². The van der Waals surface area contributed by atoms with Crippen molar-refractivity contribution in [3.8, 4) is 0 Å². The number of hydrogen-bond acceptors (Lipinski definition) is 6. The number of aryl methyl sites for hydroxylation is 1. The molecule has 3 heterocycles. The van der Waals surface area contributed by atoms with Crippen LogP contribution in [-0.4, -0.2) is 58.2 Å². The van der Waals surface area contributed by atoms with Crippen molar-refractivity contribution < 1.29 is 13.2 Å². The van der Waals surface area contributed by atoms with Gasteiger partial charge in [-0.05, 0) is 19.4 Å². The van der Waals surface area contributed by atoms with Crippen LogP contribution in [0.4, 0.5) is 0 Å². The number of sulfone groups is 1. The molecule has 1 aliphatic rings. The molecule has 1 saturated heterocycles. The van der Waals surface area contributed by atoms with E-state index in [2.05, 4.69) is 21.9 Å². The summed E-state index contributed by atoms with van der Waals surface area (Å²) >= 11 is 0. The molecule has 144 valence electrons. The fourth-order valence-corrected chi connectivity index (χ4v) is 4.16. The monoisotopic (exact) mass is 381 g/mol. The average Bonchev–Trinajstić information content (AvgIpc) is 3.29. The largest absolute Gasteiger partial charge is 0.376 e. The first-order chi connectivity index (χ1) is 12.4. The number of imidazole rings is 1. The van der Waals surface area contributed by atoms with Gasteiger partial charge in [0.25, 0.3) is 0 Å².